The van der Waals surface area contributed by atoms with Gasteiger partial charge in [0.2, 0.25) is 5.91 Å². The maximum Gasteiger partial charge on any atom is 0.234 e. The summed E-state index contributed by atoms with van der Waals surface area (Å²) in [6.07, 6.45) is 8.04. The summed E-state index contributed by atoms with van der Waals surface area (Å²) in [4.78, 5) is 14.6. The van der Waals surface area contributed by atoms with Gasteiger partial charge in [0, 0.05) is 18.7 Å². The van der Waals surface area contributed by atoms with E-state index in [1.807, 2.05) is 0 Å². The Bertz CT molecular complexity index is 353. The molecule has 2 aliphatic rings. The molecule has 0 bridgehead atoms. The zero-order valence-electron chi connectivity index (χ0n) is 14.6. The number of nitrogens with zero attached hydrogens (tertiary/aromatic N) is 1. The van der Waals surface area contributed by atoms with E-state index < -0.39 is 0 Å². The van der Waals surface area contributed by atoms with E-state index in [1.165, 1.54) is 12.8 Å². The minimum atomic E-state index is 0.178. The summed E-state index contributed by atoms with van der Waals surface area (Å²) in [5, 5.41) is 12.5. The second-order valence-corrected chi connectivity index (χ2v) is 7.71. The van der Waals surface area contributed by atoms with Crippen LogP contribution >= 0.6 is 0 Å². The summed E-state index contributed by atoms with van der Waals surface area (Å²) in [7, 11) is 2.07. The number of hydrogen-bond acceptors (Lipinski definition) is 3. The molecule has 2 rings (SSSR count). The summed E-state index contributed by atoms with van der Waals surface area (Å²) < 4.78 is 0. The highest BCUT2D eigenvalue weighted by molar-refractivity contribution is 5.78. The number of aliphatic hydroxyl groups is 1. The van der Waals surface area contributed by atoms with Gasteiger partial charge in [0.05, 0.1) is 6.54 Å². The van der Waals surface area contributed by atoms with Crippen molar-refractivity contribution >= 4 is 5.91 Å². The fraction of sp³-hybridized carbons (Fsp3) is 0.944. The second kappa shape index (κ2) is 8.30. The number of aliphatic hydroxyl groups excluding tert-OH is 1. The lowest BCUT2D eigenvalue weighted by molar-refractivity contribution is -0.124. The van der Waals surface area contributed by atoms with Crippen molar-refractivity contribution in [2.75, 3.05) is 20.2 Å². The first-order valence-electron chi connectivity index (χ1n) is 9.11. The minimum Gasteiger partial charge on any atom is -0.396 e. The van der Waals surface area contributed by atoms with E-state index in [2.05, 4.69) is 31.1 Å². The van der Waals surface area contributed by atoms with Gasteiger partial charge in [0.25, 0.3) is 0 Å². The highest BCUT2D eigenvalue weighted by atomic mass is 16.3. The van der Waals surface area contributed by atoms with E-state index in [0.717, 1.165) is 32.1 Å². The zero-order valence-corrected chi connectivity index (χ0v) is 14.6. The van der Waals surface area contributed by atoms with E-state index in [1.54, 1.807) is 0 Å². The van der Waals surface area contributed by atoms with Crippen molar-refractivity contribution in [3.05, 3.63) is 0 Å². The Labute approximate surface area is 135 Å². The molecule has 4 heteroatoms. The first kappa shape index (κ1) is 17.7. The molecular weight excluding hydrogens is 276 g/mol. The zero-order chi connectivity index (χ0) is 16.1. The van der Waals surface area contributed by atoms with Crippen molar-refractivity contribution < 1.29 is 9.90 Å². The minimum absolute atomic E-state index is 0.178. The predicted molar refractivity (Wildman–Crippen MR) is 89.6 cm³/mol. The topological polar surface area (TPSA) is 52.6 Å². The van der Waals surface area contributed by atoms with Crippen LogP contribution in [0.1, 0.15) is 58.8 Å². The van der Waals surface area contributed by atoms with Gasteiger partial charge < -0.3 is 10.4 Å². The first-order chi connectivity index (χ1) is 10.5. The molecule has 0 radical (unpaired) electrons. The molecule has 2 fully saturated rings. The summed E-state index contributed by atoms with van der Waals surface area (Å²) in [5.41, 5.74) is 0. The van der Waals surface area contributed by atoms with Crippen LogP contribution in [0.25, 0.3) is 0 Å². The van der Waals surface area contributed by atoms with Gasteiger partial charge in [0.1, 0.15) is 0 Å². The average Bonchev–Trinajstić information content (AvgIpc) is 2.52. The highest BCUT2D eigenvalue weighted by Gasteiger charge is 2.29. The van der Waals surface area contributed by atoms with Crippen molar-refractivity contribution in [1.29, 1.82) is 0 Å². The van der Waals surface area contributed by atoms with Crippen molar-refractivity contribution in [1.82, 2.24) is 10.2 Å². The molecule has 22 heavy (non-hydrogen) atoms. The van der Waals surface area contributed by atoms with E-state index >= 15 is 0 Å². The number of amides is 1. The molecule has 0 aromatic rings. The molecule has 0 aliphatic heterocycles. The van der Waals surface area contributed by atoms with Crippen molar-refractivity contribution in [3.8, 4) is 0 Å². The molecule has 2 aliphatic carbocycles. The van der Waals surface area contributed by atoms with Crippen molar-refractivity contribution in [2.24, 2.45) is 17.8 Å². The number of nitrogens with one attached hydrogen (secondary N) is 1. The second-order valence-electron chi connectivity index (χ2n) is 7.71. The van der Waals surface area contributed by atoms with E-state index in [-0.39, 0.29) is 5.91 Å². The molecule has 2 saturated carbocycles. The summed E-state index contributed by atoms with van der Waals surface area (Å²) in [6, 6.07) is 0.853. The molecule has 0 aromatic carbocycles. The van der Waals surface area contributed by atoms with Crippen LogP contribution in [-0.4, -0.2) is 48.2 Å². The molecule has 0 aromatic heterocycles. The number of carbonyl (C=O) groups excluding carboxylic acids is 1. The van der Waals surface area contributed by atoms with Crippen LogP contribution in [0, 0.1) is 17.8 Å². The lowest BCUT2D eigenvalue weighted by Gasteiger charge is -2.36. The van der Waals surface area contributed by atoms with E-state index in [9.17, 15) is 9.90 Å². The van der Waals surface area contributed by atoms with E-state index in [4.69, 9.17) is 0 Å². The maximum atomic E-state index is 12.3. The van der Waals surface area contributed by atoms with Gasteiger partial charge in [-0.1, -0.05) is 26.7 Å². The Morgan fingerprint density at radius 2 is 1.82 bits per heavy atom. The Kier molecular flexibility index (Phi) is 6.69. The third-order valence-electron chi connectivity index (χ3n) is 6.14. The number of rotatable bonds is 5. The van der Waals surface area contributed by atoms with Crippen LogP contribution in [0.5, 0.6) is 0 Å². The van der Waals surface area contributed by atoms with Gasteiger partial charge >= 0.3 is 0 Å². The monoisotopic (exact) mass is 310 g/mol. The fourth-order valence-corrected chi connectivity index (χ4v) is 4.16. The Morgan fingerprint density at radius 3 is 2.45 bits per heavy atom. The SMILES string of the molecule is C[C@H]1[C@H](C)CCC[C@@H]1NC(=O)CN(C)C1CCC(CO)CC1. The van der Waals surface area contributed by atoms with Crippen LogP contribution in [0.4, 0.5) is 0 Å². The van der Waals surface area contributed by atoms with Gasteiger partial charge in [0.15, 0.2) is 0 Å². The van der Waals surface area contributed by atoms with E-state index in [0.29, 0.717) is 43.0 Å². The largest absolute Gasteiger partial charge is 0.396 e. The molecule has 1 amide bonds. The predicted octanol–water partition coefficient (Wildman–Crippen LogP) is 2.41. The highest BCUT2D eigenvalue weighted by Crippen LogP contribution is 2.29. The quantitative estimate of drug-likeness (QED) is 0.820. The van der Waals surface area contributed by atoms with Gasteiger partial charge in [-0.15, -0.1) is 0 Å². The molecule has 128 valence electrons. The summed E-state index contributed by atoms with van der Waals surface area (Å²) >= 11 is 0. The molecule has 4 nitrogen and oxygen atoms in total. The third-order valence-corrected chi connectivity index (χ3v) is 6.14. The Hall–Kier alpha value is -0.610. The number of carbonyl (C=O) groups is 1. The summed E-state index contributed by atoms with van der Waals surface area (Å²) in [6.45, 7) is 5.39. The van der Waals surface area contributed by atoms with Gasteiger partial charge in [-0.2, -0.15) is 0 Å². The Balaban J connectivity index is 1.74. The van der Waals surface area contributed by atoms with Crippen LogP contribution in [0.2, 0.25) is 0 Å². The standard InChI is InChI=1S/C18H34N2O2/c1-13-5-4-6-17(14(13)2)19-18(22)11-20(3)16-9-7-15(12-21)8-10-16/h13-17,21H,4-12H2,1-3H3,(H,19,22)/t13-,14+,15?,16?,17+/m1/s1. The van der Waals surface area contributed by atoms with Crippen molar-refractivity contribution in [2.45, 2.75) is 70.9 Å². The van der Waals surface area contributed by atoms with Crippen molar-refractivity contribution in [3.63, 3.8) is 0 Å². The maximum absolute atomic E-state index is 12.3. The number of likely N-dealkylation sites (N-methyl/N-ethyl adjacent to an activating group) is 1. The lowest BCUT2D eigenvalue weighted by atomic mass is 9.78. The summed E-state index contributed by atoms with van der Waals surface area (Å²) in [5.74, 6) is 1.95. The fourth-order valence-electron chi connectivity index (χ4n) is 4.16. The van der Waals surface area contributed by atoms with Crippen LogP contribution < -0.4 is 5.32 Å². The molecule has 3 atom stereocenters. The first-order valence-corrected chi connectivity index (χ1v) is 9.11. The third kappa shape index (κ3) is 4.69. The van der Waals surface area contributed by atoms with Gasteiger partial charge in [-0.3, -0.25) is 9.69 Å². The normalized spacial score (nSPS) is 36.3. The molecule has 2 N–H and O–H groups in total. The molecule has 0 saturated heterocycles. The van der Waals surface area contributed by atoms with Crippen LogP contribution in [-0.2, 0) is 4.79 Å². The van der Waals surface area contributed by atoms with Gasteiger partial charge in [-0.05, 0) is 56.9 Å². The van der Waals surface area contributed by atoms with Crippen LogP contribution in [0.15, 0.2) is 0 Å². The Morgan fingerprint density at radius 1 is 1.14 bits per heavy atom. The molecule has 0 heterocycles. The smallest absolute Gasteiger partial charge is 0.234 e. The lowest BCUT2D eigenvalue weighted by Crippen LogP contribution is -2.48. The molecule has 0 spiro atoms. The van der Waals surface area contributed by atoms with Gasteiger partial charge in [-0.25, -0.2) is 0 Å². The number of hydrogen-bond donors (Lipinski definition) is 2. The molecular formula is C18H34N2O2. The average molecular weight is 310 g/mol. The molecule has 0 unspecified atom stereocenters. The van der Waals surface area contributed by atoms with Crippen LogP contribution in [0.3, 0.4) is 0 Å².